The van der Waals surface area contributed by atoms with Gasteiger partial charge in [0.1, 0.15) is 23.0 Å². The first kappa shape index (κ1) is 26.8. The highest BCUT2D eigenvalue weighted by Crippen LogP contribution is 2.31. The standard InChI is InChI=1S/C26H31Cl2N3O4S/c1-26(2,3)35-25(33)30-10-7-20(8-11-30)34-21-14-17(27)13-18(15-21)29-24(32)22-16-19(5-6-23(22)28)31-9-4-12-36-31/h5-6,13-16,20H,4,7-12H2,1-3H3,(H,29,32)/p+1. The number of rotatable bonds is 5. The van der Waals surface area contributed by atoms with Crippen LogP contribution in [0.2, 0.25) is 10.0 Å². The van der Waals surface area contributed by atoms with Crippen LogP contribution in [0.3, 0.4) is 0 Å². The Balaban J connectivity index is 1.43. The maximum absolute atomic E-state index is 12.3. The molecule has 7 nitrogen and oxygen atoms in total. The molecule has 2 fully saturated rings. The van der Waals surface area contributed by atoms with Crippen molar-refractivity contribution in [1.82, 2.24) is 4.90 Å². The van der Waals surface area contributed by atoms with Crippen molar-refractivity contribution in [2.45, 2.75) is 51.7 Å². The predicted octanol–water partition coefficient (Wildman–Crippen LogP) is 5.35. The maximum Gasteiger partial charge on any atom is 0.410 e. The molecule has 2 saturated heterocycles. The molecule has 2 aliphatic rings. The van der Waals surface area contributed by atoms with E-state index in [1.54, 1.807) is 41.1 Å². The molecule has 194 valence electrons. The second-order valence-corrected chi connectivity index (χ2v) is 11.8. The molecular formula is C26H32Cl2N3O4S+. The molecule has 0 aliphatic carbocycles. The number of hydrogen-bond donors (Lipinski definition) is 2. The molecular weight excluding hydrogens is 521 g/mol. The average molecular weight is 554 g/mol. The first-order valence-electron chi connectivity index (χ1n) is 12.1. The number of benzene rings is 2. The van der Waals surface area contributed by atoms with E-state index >= 15 is 0 Å². The summed E-state index contributed by atoms with van der Waals surface area (Å²) < 4.78 is 13.8. The number of likely N-dealkylation sites (tertiary alicyclic amines) is 1. The highest BCUT2D eigenvalue weighted by Gasteiger charge is 2.28. The third-order valence-corrected chi connectivity index (χ3v) is 7.50. The van der Waals surface area contributed by atoms with E-state index in [4.69, 9.17) is 32.7 Å². The van der Waals surface area contributed by atoms with Crippen molar-refractivity contribution in [3.63, 3.8) is 0 Å². The summed E-state index contributed by atoms with van der Waals surface area (Å²) in [5.41, 5.74) is 1.57. The van der Waals surface area contributed by atoms with Gasteiger partial charge < -0.3 is 23.8 Å². The lowest BCUT2D eigenvalue weighted by atomic mass is 10.1. The molecule has 2 heterocycles. The highest BCUT2D eigenvalue weighted by atomic mass is 35.5. The van der Waals surface area contributed by atoms with Crippen LogP contribution in [-0.2, 0) is 4.74 Å². The fourth-order valence-electron chi connectivity index (χ4n) is 4.08. The number of piperidine rings is 1. The van der Waals surface area contributed by atoms with Gasteiger partial charge in [0, 0.05) is 50.0 Å². The molecule has 0 unspecified atom stereocenters. The molecule has 2 aromatic rings. The van der Waals surface area contributed by atoms with Crippen LogP contribution in [0.1, 0.15) is 45.6 Å². The van der Waals surface area contributed by atoms with Gasteiger partial charge in [-0.1, -0.05) is 23.2 Å². The Bertz CT molecular complexity index is 1120. The normalized spacial score (nSPS) is 17.4. The molecule has 0 bridgehead atoms. The van der Waals surface area contributed by atoms with E-state index in [1.807, 2.05) is 32.9 Å². The molecule has 0 aromatic heterocycles. The highest BCUT2D eigenvalue weighted by molar-refractivity contribution is 8.00. The second-order valence-electron chi connectivity index (χ2n) is 9.89. The van der Waals surface area contributed by atoms with E-state index in [0.29, 0.717) is 53.0 Å². The van der Waals surface area contributed by atoms with E-state index in [1.165, 1.54) is 0 Å². The Morgan fingerprint density at radius 2 is 1.86 bits per heavy atom. The van der Waals surface area contributed by atoms with Crippen LogP contribution >= 0.6 is 35.1 Å². The molecule has 10 heteroatoms. The minimum absolute atomic E-state index is 0.0586. The Hall–Kier alpha value is -2.29. The lowest BCUT2D eigenvalue weighted by molar-refractivity contribution is -0.364. The lowest BCUT2D eigenvalue weighted by Crippen LogP contribution is -2.66. The van der Waals surface area contributed by atoms with E-state index in [9.17, 15) is 9.90 Å². The fraction of sp³-hybridized carbons (Fsp3) is 0.462. The van der Waals surface area contributed by atoms with E-state index in [0.717, 1.165) is 24.4 Å². The zero-order valence-corrected chi connectivity index (χ0v) is 23.1. The van der Waals surface area contributed by atoms with Gasteiger partial charge in [-0.3, -0.25) is 0 Å². The third-order valence-electron chi connectivity index (χ3n) is 5.78. The fourth-order valence-corrected chi connectivity index (χ4v) is 5.51. The zero-order valence-electron chi connectivity index (χ0n) is 20.7. The van der Waals surface area contributed by atoms with Gasteiger partial charge in [0.25, 0.3) is 0 Å². The maximum atomic E-state index is 12.3. The van der Waals surface area contributed by atoms with E-state index < -0.39 is 5.60 Å². The van der Waals surface area contributed by atoms with Gasteiger partial charge in [-0.15, -0.1) is 0 Å². The largest absolute Gasteiger partial charge is 0.490 e. The van der Waals surface area contributed by atoms with E-state index in [2.05, 4.69) is 9.30 Å². The van der Waals surface area contributed by atoms with Crippen molar-refractivity contribution in [3.8, 4) is 5.75 Å². The van der Waals surface area contributed by atoms with Crippen LogP contribution in [0, 0.1) is 0 Å². The minimum atomic E-state index is -0.518. The van der Waals surface area contributed by atoms with Crippen molar-refractivity contribution in [3.05, 3.63) is 52.0 Å². The molecule has 2 aliphatic heterocycles. The van der Waals surface area contributed by atoms with E-state index in [-0.39, 0.29) is 18.1 Å². The Labute approximate surface area is 226 Å². The Morgan fingerprint density at radius 3 is 2.53 bits per heavy atom. The van der Waals surface area contributed by atoms with Crippen molar-refractivity contribution < 1.29 is 24.4 Å². The van der Waals surface area contributed by atoms with Crippen LogP contribution in [0.25, 0.3) is 0 Å². The summed E-state index contributed by atoms with van der Waals surface area (Å²) in [6, 6.07) is 10.9. The number of nitrogens with zero attached hydrogens (tertiary/aromatic N) is 2. The summed E-state index contributed by atoms with van der Waals surface area (Å²) in [6.45, 7) is 7.66. The number of aliphatic hydroxyl groups is 1. The SMILES string of the molecule is CC(C)(C)OC(=O)N1CCC(Oc2cc(Cl)cc([NH+]=C(O)c3cc(N4CCCS4)ccc3Cl)c2)CC1. The summed E-state index contributed by atoms with van der Waals surface area (Å²) in [5, 5.41) is 11.8. The Kier molecular flexibility index (Phi) is 8.48. The van der Waals surface area contributed by atoms with Gasteiger partial charge in [-0.05, 0) is 63.4 Å². The summed E-state index contributed by atoms with van der Waals surface area (Å²) in [5.74, 6) is 1.60. The molecule has 0 spiro atoms. The summed E-state index contributed by atoms with van der Waals surface area (Å²) in [4.78, 5) is 17.0. The van der Waals surface area contributed by atoms with Gasteiger partial charge in [0.15, 0.2) is 0 Å². The van der Waals surface area contributed by atoms with Gasteiger partial charge in [0.05, 0.1) is 16.1 Å². The van der Waals surface area contributed by atoms with Gasteiger partial charge in [-0.2, -0.15) is 4.99 Å². The number of carbonyl (C=O) groups is 1. The zero-order chi connectivity index (χ0) is 25.9. The van der Waals surface area contributed by atoms with Crippen LogP contribution in [0.5, 0.6) is 5.75 Å². The number of ether oxygens (including phenoxy) is 2. The lowest BCUT2D eigenvalue weighted by Gasteiger charge is -2.33. The molecule has 0 radical (unpaired) electrons. The van der Waals surface area contributed by atoms with Crippen molar-refractivity contribution >= 4 is 58.5 Å². The number of anilines is 1. The van der Waals surface area contributed by atoms with Gasteiger partial charge in [-0.25, -0.2) is 4.79 Å². The van der Waals surface area contributed by atoms with Crippen LogP contribution in [0.4, 0.5) is 16.2 Å². The number of nitrogens with one attached hydrogen (secondary N) is 1. The summed E-state index contributed by atoms with van der Waals surface area (Å²) >= 11 is 14.5. The van der Waals surface area contributed by atoms with Crippen LogP contribution in [0.15, 0.2) is 36.4 Å². The monoisotopic (exact) mass is 552 g/mol. The minimum Gasteiger partial charge on any atom is -0.490 e. The third kappa shape index (κ3) is 7.14. The van der Waals surface area contributed by atoms with Crippen LogP contribution in [-0.4, -0.2) is 59.1 Å². The summed E-state index contributed by atoms with van der Waals surface area (Å²) in [6.07, 6.45) is 2.14. The van der Waals surface area contributed by atoms with Crippen LogP contribution < -0.4 is 14.0 Å². The smallest absolute Gasteiger partial charge is 0.410 e. The molecule has 0 saturated carbocycles. The van der Waals surface area contributed by atoms with Crippen molar-refractivity contribution in [2.24, 2.45) is 0 Å². The molecule has 4 rings (SSSR count). The summed E-state index contributed by atoms with van der Waals surface area (Å²) in [7, 11) is 0. The predicted molar refractivity (Wildman–Crippen MR) is 146 cm³/mol. The molecule has 1 amide bonds. The Morgan fingerprint density at radius 1 is 1.11 bits per heavy atom. The quantitative estimate of drug-likeness (QED) is 0.296. The first-order valence-corrected chi connectivity index (χ1v) is 13.8. The topological polar surface area (TPSA) is 76.2 Å². The molecule has 0 atom stereocenters. The number of carbonyl (C=O) groups excluding carboxylic acids is 1. The number of amides is 1. The molecule has 2 N–H and O–H groups in total. The number of hydrogen-bond acceptors (Lipinski definition) is 5. The molecule has 36 heavy (non-hydrogen) atoms. The number of halogens is 2. The van der Waals surface area contributed by atoms with Gasteiger partial charge >= 0.3 is 12.0 Å². The van der Waals surface area contributed by atoms with Crippen molar-refractivity contribution in [1.29, 1.82) is 0 Å². The van der Waals surface area contributed by atoms with Crippen molar-refractivity contribution in [2.75, 3.05) is 29.7 Å². The van der Waals surface area contributed by atoms with Gasteiger partial charge in [0.2, 0.25) is 5.69 Å². The average Bonchev–Trinajstić information content (AvgIpc) is 3.33. The first-order chi connectivity index (χ1) is 17.1. The second kappa shape index (κ2) is 11.4. The number of aliphatic hydroxyl groups excluding tert-OH is 1. The molecule has 2 aromatic carbocycles.